The second kappa shape index (κ2) is 5.09. The largest absolute Gasteiger partial charge is 0.378 e. The van der Waals surface area contributed by atoms with Crippen molar-refractivity contribution in [3.63, 3.8) is 0 Å². The van der Waals surface area contributed by atoms with Crippen molar-refractivity contribution in [3.8, 4) is 11.3 Å². The number of rotatable bonds is 2. The molecule has 0 N–H and O–H groups in total. The predicted molar refractivity (Wildman–Crippen MR) is 89.0 cm³/mol. The second-order valence-corrected chi connectivity index (χ2v) is 5.42. The Morgan fingerprint density at radius 2 is 1.62 bits per heavy atom. The van der Waals surface area contributed by atoms with Crippen LogP contribution in [0, 0.1) is 0 Å². The molecule has 0 saturated carbocycles. The summed E-state index contributed by atoms with van der Waals surface area (Å²) in [6.45, 7) is 0. The lowest BCUT2D eigenvalue weighted by Crippen LogP contribution is -2.18. The molecule has 3 rings (SSSR count). The molecule has 0 radical (unpaired) electrons. The van der Waals surface area contributed by atoms with Gasteiger partial charge in [-0.2, -0.15) is 0 Å². The number of hydrogen-bond donors (Lipinski definition) is 0. The first kappa shape index (κ1) is 13.4. The molecule has 0 bridgehead atoms. The summed E-state index contributed by atoms with van der Waals surface area (Å²) in [6.07, 6.45) is 0. The molecule has 0 atom stereocenters. The van der Waals surface area contributed by atoms with Crippen molar-refractivity contribution in [1.82, 2.24) is 4.57 Å². The lowest BCUT2D eigenvalue weighted by atomic mass is 10.1. The summed E-state index contributed by atoms with van der Waals surface area (Å²) in [7, 11) is 5.85. The molecule has 3 heteroatoms. The average Bonchev–Trinajstić information content (AvgIpc) is 2.51. The van der Waals surface area contributed by atoms with Gasteiger partial charge in [0, 0.05) is 32.2 Å². The number of benzene rings is 2. The summed E-state index contributed by atoms with van der Waals surface area (Å²) in [4.78, 5) is 14.5. The molecule has 106 valence electrons. The standard InChI is InChI=1S/C18H18N2O/c1-19(2)15-10-8-13(9-11-15)17-12-14-6-4-5-7-16(14)18(21)20(17)3/h4-12H,1-3H3. The van der Waals surface area contributed by atoms with E-state index in [1.54, 1.807) is 4.57 Å². The molecule has 0 spiro atoms. The maximum absolute atomic E-state index is 12.5. The van der Waals surface area contributed by atoms with Gasteiger partial charge >= 0.3 is 0 Å². The Kier molecular flexibility index (Phi) is 3.26. The van der Waals surface area contributed by atoms with Crippen molar-refractivity contribution >= 4 is 16.5 Å². The van der Waals surface area contributed by atoms with E-state index in [0.29, 0.717) is 0 Å². The lowest BCUT2D eigenvalue weighted by Gasteiger charge is -2.14. The summed E-state index contributed by atoms with van der Waals surface area (Å²) in [5, 5.41) is 1.74. The molecule has 0 saturated heterocycles. The third-order valence-electron chi connectivity index (χ3n) is 3.83. The number of hydrogen-bond acceptors (Lipinski definition) is 2. The number of fused-ring (bicyclic) bond motifs is 1. The van der Waals surface area contributed by atoms with Crippen LogP contribution in [0.2, 0.25) is 0 Å². The molecular formula is C18H18N2O. The molecule has 2 aromatic carbocycles. The van der Waals surface area contributed by atoms with Gasteiger partial charge in [0.15, 0.2) is 0 Å². The fourth-order valence-electron chi connectivity index (χ4n) is 2.56. The Labute approximate surface area is 124 Å². The summed E-state index contributed by atoms with van der Waals surface area (Å²) in [6, 6.07) is 18.0. The van der Waals surface area contributed by atoms with Crippen LogP contribution in [0.3, 0.4) is 0 Å². The van der Waals surface area contributed by atoms with Gasteiger partial charge in [-0.3, -0.25) is 4.79 Å². The highest BCUT2D eigenvalue weighted by molar-refractivity contribution is 5.85. The van der Waals surface area contributed by atoms with E-state index in [1.165, 1.54) is 0 Å². The van der Waals surface area contributed by atoms with E-state index in [4.69, 9.17) is 0 Å². The van der Waals surface area contributed by atoms with Gasteiger partial charge in [-0.05, 0) is 35.2 Å². The molecule has 0 aliphatic heterocycles. The molecular weight excluding hydrogens is 260 g/mol. The van der Waals surface area contributed by atoms with Crippen LogP contribution in [0.5, 0.6) is 0 Å². The summed E-state index contributed by atoms with van der Waals surface area (Å²) in [5.41, 5.74) is 3.17. The van der Waals surface area contributed by atoms with Gasteiger partial charge in [0.05, 0.1) is 5.69 Å². The minimum atomic E-state index is 0.0415. The van der Waals surface area contributed by atoms with Crippen LogP contribution < -0.4 is 10.5 Å². The second-order valence-electron chi connectivity index (χ2n) is 5.42. The zero-order chi connectivity index (χ0) is 15.0. The molecule has 3 nitrogen and oxygen atoms in total. The SMILES string of the molecule is CN(C)c1ccc(-c2cc3ccccc3c(=O)n2C)cc1. The summed E-state index contributed by atoms with van der Waals surface area (Å²) in [5.74, 6) is 0. The van der Waals surface area contributed by atoms with E-state index in [0.717, 1.165) is 27.7 Å². The van der Waals surface area contributed by atoms with E-state index in [2.05, 4.69) is 35.2 Å². The summed E-state index contributed by atoms with van der Waals surface area (Å²) >= 11 is 0. The molecule has 1 aromatic heterocycles. The van der Waals surface area contributed by atoms with E-state index in [1.807, 2.05) is 45.4 Å². The third kappa shape index (κ3) is 2.31. The Balaban J connectivity index is 2.20. The number of pyridine rings is 1. The molecule has 0 unspecified atom stereocenters. The Morgan fingerprint density at radius 1 is 0.952 bits per heavy atom. The van der Waals surface area contributed by atoms with Gasteiger partial charge in [0.2, 0.25) is 0 Å². The molecule has 0 amide bonds. The molecule has 0 aliphatic carbocycles. The van der Waals surface area contributed by atoms with Crippen LogP contribution in [0.15, 0.2) is 59.4 Å². The normalized spacial score (nSPS) is 10.8. The van der Waals surface area contributed by atoms with E-state index >= 15 is 0 Å². The van der Waals surface area contributed by atoms with Crippen molar-refractivity contribution in [2.45, 2.75) is 0 Å². The number of anilines is 1. The lowest BCUT2D eigenvalue weighted by molar-refractivity contribution is 0.883. The molecule has 0 aliphatic rings. The van der Waals surface area contributed by atoms with Gasteiger partial charge in [-0.15, -0.1) is 0 Å². The van der Waals surface area contributed by atoms with Crippen LogP contribution >= 0.6 is 0 Å². The average molecular weight is 278 g/mol. The van der Waals surface area contributed by atoms with Crippen LogP contribution in [0.4, 0.5) is 5.69 Å². The fourth-order valence-corrected chi connectivity index (χ4v) is 2.56. The zero-order valence-corrected chi connectivity index (χ0v) is 12.5. The van der Waals surface area contributed by atoms with Crippen molar-refractivity contribution in [3.05, 3.63) is 65.0 Å². The third-order valence-corrected chi connectivity index (χ3v) is 3.83. The van der Waals surface area contributed by atoms with Crippen molar-refractivity contribution < 1.29 is 0 Å². The number of aromatic nitrogens is 1. The van der Waals surface area contributed by atoms with Crippen molar-refractivity contribution in [2.24, 2.45) is 7.05 Å². The van der Waals surface area contributed by atoms with Gasteiger partial charge in [-0.25, -0.2) is 0 Å². The fraction of sp³-hybridized carbons (Fsp3) is 0.167. The quantitative estimate of drug-likeness (QED) is 0.719. The molecule has 1 heterocycles. The Morgan fingerprint density at radius 3 is 2.29 bits per heavy atom. The number of nitrogens with zero attached hydrogens (tertiary/aromatic N) is 2. The first-order valence-corrected chi connectivity index (χ1v) is 6.94. The highest BCUT2D eigenvalue weighted by atomic mass is 16.1. The maximum atomic E-state index is 12.5. The highest BCUT2D eigenvalue weighted by Gasteiger charge is 2.08. The first-order valence-electron chi connectivity index (χ1n) is 6.94. The van der Waals surface area contributed by atoms with E-state index in [-0.39, 0.29) is 5.56 Å². The molecule has 3 aromatic rings. The Hall–Kier alpha value is -2.55. The van der Waals surface area contributed by atoms with Crippen LogP contribution in [0.1, 0.15) is 0 Å². The first-order chi connectivity index (χ1) is 10.1. The van der Waals surface area contributed by atoms with Crippen LogP contribution in [-0.2, 0) is 7.05 Å². The topological polar surface area (TPSA) is 25.2 Å². The molecule has 0 fully saturated rings. The summed E-state index contributed by atoms with van der Waals surface area (Å²) < 4.78 is 1.72. The highest BCUT2D eigenvalue weighted by Crippen LogP contribution is 2.23. The van der Waals surface area contributed by atoms with Crippen molar-refractivity contribution in [2.75, 3.05) is 19.0 Å². The maximum Gasteiger partial charge on any atom is 0.258 e. The van der Waals surface area contributed by atoms with Crippen LogP contribution in [0.25, 0.3) is 22.0 Å². The predicted octanol–water partition coefficient (Wildman–Crippen LogP) is 3.27. The van der Waals surface area contributed by atoms with Gasteiger partial charge in [-0.1, -0.05) is 30.3 Å². The monoisotopic (exact) mass is 278 g/mol. The Bertz CT molecular complexity index is 845. The molecule has 21 heavy (non-hydrogen) atoms. The minimum absolute atomic E-state index is 0.0415. The van der Waals surface area contributed by atoms with Gasteiger partial charge in [0.1, 0.15) is 0 Å². The van der Waals surface area contributed by atoms with Gasteiger partial charge < -0.3 is 9.47 Å². The minimum Gasteiger partial charge on any atom is -0.378 e. The van der Waals surface area contributed by atoms with E-state index in [9.17, 15) is 4.79 Å². The van der Waals surface area contributed by atoms with E-state index < -0.39 is 0 Å². The van der Waals surface area contributed by atoms with Crippen molar-refractivity contribution in [1.29, 1.82) is 0 Å². The zero-order valence-electron chi connectivity index (χ0n) is 12.5. The van der Waals surface area contributed by atoms with Gasteiger partial charge in [0.25, 0.3) is 5.56 Å². The smallest absolute Gasteiger partial charge is 0.258 e. The van der Waals surface area contributed by atoms with Crippen LogP contribution in [-0.4, -0.2) is 18.7 Å².